The third-order valence-corrected chi connectivity index (χ3v) is 13.9. The van der Waals surface area contributed by atoms with E-state index in [0.717, 1.165) is 38.0 Å². The molecule has 0 radical (unpaired) electrons. The molecule has 2 aromatic carbocycles. The van der Waals surface area contributed by atoms with Crippen LogP contribution in [0.3, 0.4) is 0 Å². The van der Waals surface area contributed by atoms with E-state index in [1.807, 2.05) is 6.08 Å². The van der Waals surface area contributed by atoms with Crippen LogP contribution in [0.5, 0.6) is 0 Å². The van der Waals surface area contributed by atoms with Gasteiger partial charge in [0.15, 0.2) is 0 Å². The number of hydrogen-bond donors (Lipinski definition) is 2. The number of hydrogen-bond acceptors (Lipinski definition) is 2. The van der Waals surface area contributed by atoms with E-state index in [-0.39, 0.29) is 29.1 Å². The molecule has 3 N–H and O–H groups in total. The molecule has 50 heavy (non-hydrogen) atoms. The summed E-state index contributed by atoms with van der Waals surface area (Å²) in [6, 6.07) is 20.0. The fourth-order valence-corrected chi connectivity index (χ4v) is 11.5. The first-order chi connectivity index (χ1) is 24.6. The second kappa shape index (κ2) is 16.4. The SMILES string of the molecule is NCC1C=CC(C(=O)O)C2C1C(CC(CC=CCCC1CCCCC1)CCc1ccccc1)C=CC2C12CCCCC1C=Cc1ccccc12. The van der Waals surface area contributed by atoms with Gasteiger partial charge in [-0.2, -0.15) is 0 Å². The highest BCUT2D eigenvalue weighted by atomic mass is 16.4. The summed E-state index contributed by atoms with van der Waals surface area (Å²) in [7, 11) is 0. The molecule has 0 amide bonds. The number of aliphatic carboxylic acids is 1. The Labute approximate surface area is 302 Å². The number of rotatable bonds is 13. The van der Waals surface area contributed by atoms with Crippen LogP contribution in [0.4, 0.5) is 0 Å². The molecule has 0 heterocycles. The van der Waals surface area contributed by atoms with Gasteiger partial charge < -0.3 is 10.8 Å². The molecule has 3 nitrogen and oxygen atoms in total. The summed E-state index contributed by atoms with van der Waals surface area (Å²) in [4.78, 5) is 13.2. The molecule has 2 fully saturated rings. The third kappa shape index (κ3) is 7.41. The molecular weight excluding hydrogens is 611 g/mol. The number of nitrogens with two attached hydrogens (primary N) is 1. The average molecular weight is 672 g/mol. The molecule has 7 rings (SSSR count). The van der Waals surface area contributed by atoms with Crippen molar-refractivity contribution in [2.75, 3.05) is 6.54 Å². The molecule has 0 spiro atoms. The lowest BCUT2D eigenvalue weighted by Gasteiger charge is -2.58. The van der Waals surface area contributed by atoms with Crippen LogP contribution in [0, 0.1) is 53.3 Å². The van der Waals surface area contributed by atoms with Crippen molar-refractivity contribution in [3.63, 3.8) is 0 Å². The summed E-state index contributed by atoms with van der Waals surface area (Å²) in [5, 5.41) is 10.9. The van der Waals surface area contributed by atoms with Crippen molar-refractivity contribution >= 4 is 12.0 Å². The first-order valence-electron chi connectivity index (χ1n) is 20.3. The maximum Gasteiger partial charge on any atom is 0.310 e. The second-order valence-electron chi connectivity index (χ2n) is 16.6. The highest BCUT2D eigenvalue weighted by molar-refractivity contribution is 5.73. The van der Waals surface area contributed by atoms with Gasteiger partial charge in [0.25, 0.3) is 0 Å². The predicted molar refractivity (Wildman–Crippen MR) is 207 cm³/mol. The lowest BCUT2D eigenvalue weighted by molar-refractivity contribution is -0.145. The normalized spacial score (nSPS) is 32.7. The summed E-state index contributed by atoms with van der Waals surface area (Å²) >= 11 is 0. The smallest absolute Gasteiger partial charge is 0.310 e. The molecule has 9 unspecified atom stereocenters. The summed E-state index contributed by atoms with van der Waals surface area (Å²) in [6.07, 6.45) is 37.9. The minimum Gasteiger partial charge on any atom is -0.481 e. The van der Waals surface area contributed by atoms with Crippen molar-refractivity contribution < 1.29 is 9.90 Å². The minimum atomic E-state index is -0.671. The maximum absolute atomic E-state index is 13.2. The summed E-state index contributed by atoms with van der Waals surface area (Å²) in [5.74, 6) is 1.68. The number of allylic oxidation sites excluding steroid dienone is 5. The zero-order chi connectivity index (χ0) is 34.3. The standard InChI is InChI=1S/C47H61NO2/c48-33-39-26-29-41(46(49)50)45-43(47-31-13-12-21-40(47)28-25-37-20-10-11-22-42(37)47)30-27-38(44(39)45)32-36(24-23-35-17-7-2-8-18-35)19-9-3-6-16-34-14-4-1-5-15-34/h2-3,7-11,17-18,20,22,25-30,34,36,38-41,43-45H,1,4-6,12-16,19,21,23-24,31-33,48H2,(H,49,50). The van der Waals surface area contributed by atoms with Crippen LogP contribution in [0.15, 0.2) is 97.1 Å². The van der Waals surface area contributed by atoms with E-state index in [1.54, 1.807) is 0 Å². The van der Waals surface area contributed by atoms with Crippen LogP contribution >= 0.6 is 0 Å². The number of carboxylic acids is 1. The van der Waals surface area contributed by atoms with E-state index in [2.05, 4.69) is 97.1 Å². The number of aryl methyl sites for hydroxylation is 1. The Morgan fingerprint density at radius 1 is 0.840 bits per heavy atom. The number of carboxylic acid groups (broad SMARTS) is 1. The zero-order valence-corrected chi connectivity index (χ0v) is 30.3. The Bertz CT molecular complexity index is 1530. The van der Waals surface area contributed by atoms with E-state index >= 15 is 0 Å². The molecule has 0 aliphatic heterocycles. The molecule has 9 atom stereocenters. The van der Waals surface area contributed by atoms with Crippen molar-refractivity contribution in [1.29, 1.82) is 0 Å². The fourth-order valence-electron chi connectivity index (χ4n) is 11.5. The van der Waals surface area contributed by atoms with Gasteiger partial charge in [-0.05, 0) is 122 Å². The third-order valence-electron chi connectivity index (χ3n) is 13.9. The number of benzene rings is 2. The molecule has 0 bridgehead atoms. The summed E-state index contributed by atoms with van der Waals surface area (Å²) in [5.41, 5.74) is 10.7. The Balaban J connectivity index is 1.19. The predicted octanol–water partition coefficient (Wildman–Crippen LogP) is 11.0. The number of carbonyl (C=O) groups is 1. The van der Waals surface area contributed by atoms with Gasteiger partial charge in [-0.1, -0.05) is 148 Å². The second-order valence-corrected chi connectivity index (χ2v) is 16.6. The van der Waals surface area contributed by atoms with E-state index in [1.165, 1.54) is 80.9 Å². The lowest BCUT2D eigenvalue weighted by Crippen LogP contribution is -2.55. The molecule has 0 aromatic heterocycles. The minimum absolute atomic E-state index is 0.0296. The maximum atomic E-state index is 13.2. The molecule has 2 saturated carbocycles. The molecule has 3 heteroatoms. The van der Waals surface area contributed by atoms with E-state index in [4.69, 9.17) is 5.73 Å². The Hall–Kier alpha value is -3.17. The number of fused-ring (bicyclic) bond motifs is 4. The average Bonchev–Trinajstić information content (AvgIpc) is 3.16. The molecule has 2 aromatic rings. The van der Waals surface area contributed by atoms with Crippen LogP contribution in [0.25, 0.3) is 6.08 Å². The van der Waals surface area contributed by atoms with Crippen LogP contribution in [-0.2, 0) is 16.6 Å². The monoisotopic (exact) mass is 671 g/mol. The van der Waals surface area contributed by atoms with E-state index in [0.29, 0.717) is 24.3 Å². The highest BCUT2D eigenvalue weighted by Crippen LogP contribution is 2.61. The quantitative estimate of drug-likeness (QED) is 0.208. The Morgan fingerprint density at radius 3 is 2.44 bits per heavy atom. The first-order valence-corrected chi connectivity index (χ1v) is 20.3. The lowest BCUT2D eigenvalue weighted by atomic mass is 9.45. The van der Waals surface area contributed by atoms with Gasteiger partial charge in [0, 0.05) is 5.41 Å². The molecular formula is C47H61NO2. The van der Waals surface area contributed by atoms with Crippen LogP contribution < -0.4 is 5.73 Å². The molecule has 5 aliphatic carbocycles. The van der Waals surface area contributed by atoms with Crippen LogP contribution in [0.1, 0.15) is 107 Å². The Morgan fingerprint density at radius 2 is 1.62 bits per heavy atom. The van der Waals surface area contributed by atoms with Gasteiger partial charge in [0.1, 0.15) is 0 Å². The van der Waals surface area contributed by atoms with Gasteiger partial charge in [0.2, 0.25) is 0 Å². The van der Waals surface area contributed by atoms with Crippen molar-refractivity contribution in [3.05, 3.63) is 114 Å². The van der Waals surface area contributed by atoms with Crippen LogP contribution in [0.2, 0.25) is 0 Å². The molecule has 0 saturated heterocycles. The van der Waals surface area contributed by atoms with Crippen LogP contribution in [-0.4, -0.2) is 17.6 Å². The van der Waals surface area contributed by atoms with Crippen molar-refractivity contribution in [1.82, 2.24) is 0 Å². The van der Waals surface area contributed by atoms with Gasteiger partial charge in [-0.3, -0.25) is 4.79 Å². The summed E-state index contributed by atoms with van der Waals surface area (Å²) < 4.78 is 0. The van der Waals surface area contributed by atoms with E-state index in [9.17, 15) is 9.90 Å². The zero-order valence-electron chi connectivity index (χ0n) is 30.3. The van der Waals surface area contributed by atoms with Crippen molar-refractivity contribution in [2.45, 2.75) is 102 Å². The van der Waals surface area contributed by atoms with Gasteiger partial charge in [-0.25, -0.2) is 0 Å². The van der Waals surface area contributed by atoms with Gasteiger partial charge >= 0.3 is 5.97 Å². The first kappa shape index (κ1) is 35.2. The molecule has 266 valence electrons. The molecule has 5 aliphatic rings. The van der Waals surface area contributed by atoms with Gasteiger partial charge in [-0.15, -0.1) is 0 Å². The topological polar surface area (TPSA) is 63.3 Å². The van der Waals surface area contributed by atoms with Crippen molar-refractivity contribution in [3.8, 4) is 0 Å². The van der Waals surface area contributed by atoms with E-state index < -0.39 is 11.9 Å². The summed E-state index contributed by atoms with van der Waals surface area (Å²) in [6.45, 7) is 0.573. The highest BCUT2D eigenvalue weighted by Gasteiger charge is 2.57. The Kier molecular flexibility index (Phi) is 11.6. The fraction of sp³-hybridized carbons (Fsp3) is 0.553. The largest absolute Gasteiger partial charge is 0.481 e. The van der Waals surface area contributed by atoms with Crippen molar-refractivity contribution in [2.24, 2.45) is 59.0 Å². The van der Waals surface area contributed by atoms with Gasteiger partial charge in [0.05, 0.1) is 5.92 Å².